The van der Waals surface area contributed by atoms with E-state index in [1.807, 2.05) is 0 Å². The molecule has 0 radical (unpaired) electrons. The van der Waals surface area contributed by atoms with Gasteiger partial charge in [-0.05, 0) is 33.2 Å². The number of rotatable bonds is 7. The Morgan fingerprint density at radius 1 is 1.24 bits per heavy atom. The number of piperidine rings is 1. The van der Waals surface area contributed by atoms with Gasteiger partial charge in [0.25, 0.3) is 0 Å². The molecule has 1 unspecified atom stereocenters. The molecule has 0 bridgehead atoms. The molecule has 1 atom stereocenters. The molecular formula is C14H30N2O. The van der Waals surface area contributed by atoms with Gasteiger partial charge in [0.05, 0.1) is 12.7 Å². The van der Waals surface area contributed by atoms with Crippen LogP contribution in [0, 0.1) is 0 Å². The highest BCUT2D eigenvalue weighted by Gasteiger charge is 2.21. The number of nitrogens with zero attached hydrogens (tertiary/aromatic N) is 1. The second kappa shape index (κ2) is 8.06. The fourth-order valence-electron chi connectivity index (χ4n) is 2.36. The molecule has 1 N–H and O–H groups in total. The zero-order chi connectivity index (χ0) is 12.7. The van der Waals surface area contributed by atoms with Gasteiger partial charge < -0.3 is 10.1 Å². The van der Waals surface area contributed by atoms with E-state index >= 15 is 0 Å². The van der Waals surface area contributed by atoms with E-state index in [4.69, 9.17) is 4.74 Å². The van der Waals surface area contributed by atoms with Crippen LogP contribution in [0.25, 0.3) is 0 Å². The molecule has 3 nitrogen and oxygen atoms in total. The first-order valence-electron chi connectivity index (χ1n) is 7.18. The van der Waals surface area contributed by atoms with Gasteiger partial charge in [-0.15, -0.1) is 0 Å². The number of hydrogen-bond donors (Lipinski definition) is 1. The van der Waals surface area contributed by atoms with Crippen molar-refractivity contribution in [2.24, 2.45) is 0 Å². The minimum absolute atomic E-state index is 0.354. The summed E-state index contributed by atoms with van der Waals surface area (Å²) < 4.78 is 5.66. The van der Waals surface area contributed by atoms with Gasteiger partial charge in [0.2, 0.25) is 0 Å². The highest BCUT2D eigenvalue weighted by atomic mass is 16.5. The molecule has 3 heteroatoms. The average molecular weight is 242 g/mol. The van der Waals surface area contributed by atoms with Crippen LogP contribution >= 0.6 is 0 Å². The first kappa shape index (κ1) is 14.9. The maximum atomic E-state index is 5.66. The maximum absolute atomic E-state index is 5.66. The van der Waals surface area contributed by atoms with Crippen molar-refractivity contribution in [1.29, 1.82) is 0 Å². The van der Waals surface area contributed by atoms with Crippen molar-refractivity contribution in [3.63, 3.8) is 0 Å². The molecule has 1 fully saturated rings. The van der Waals surface area contributed by atoms with Gasteiger partial charge in [0.1, 0.15) is 0 Å². The smallest absolute Gasteiger partial charge is 0.0597 e. The summed E-state index contributed by atoms with van der Waals surface area (Å²) in [6.07, 6.45) is 4.42. The molecule has 0 spiro atoms. The van der Waals surface area contributed by atoms with Gasteiger partial charge in [-0.25, -0.2) is 0 Å². The van der Waals surface area contributed by atoms with Crippen LogP contribution in [0.4, 0.5) is 0 Å². The summed E-state index contributed by atoms with van der Waals surface area (Å²) in [6, 6.07) is 1.30. The molecular weight excluding hydrogens is 212 g/mol. The third-order valence-corrected chi connectivity index (χ3v) is 3.34. The second-order valence-electron chi connectivity index (χ2n) is 5.67. The number of ether oxygens (including phenoxy) is 1. The van der Waals surface area contributed by atoms with Crippen LogP contribution in [-0.2, 0) is 4.74 Å². The molecule has 1 saturated heterocycles. The summed E-state index contributed by atoms with van der Waals surface area (Å²) in [5.74, 6) is 0. The van der Waals surface area contributed by atoms with Crippen LogP contribution in [0.1, 0.15) is 47.0 Å². The van der Waals surface area contributed by atoms with E-state index in [1.54, 1.807) is 0 Å². The molecule has 17 heavy (non-hydrogen) atoms. The van der Waals surface area contributed by atoms with Crippen molar-refractivity contribution in [2.75, 3.05) is 26.2 Å². The quantitative estimate of drug-likeness (QED) is 0.741. The predicted molar refractivity (Wildman–Crippen MR) is 73.4 cm³/mol. The van der Waals surface area contributed by atoms with Crippen LogP contribution in [0.15, 0.2) is 0 Å². The topological polar surface area (TPSA) is 24.5 Å². The highest BCUT2D eigenvalue weighted by Crippen LogP contribution is 2.16. The summed E-state index contributed by atoms with van der Waals surface area (Å²) in [6.45, 7) is 13.0. The van der Waals surface area contributed by atoms with Crippen LogP contribution < -0.4 is 5.32 Å². The Morgan fingerprint density at radius 2 is 2.00 bits per heavy atom. The third-order valence-electron chi connectivity index (χ3n) is 3.34. The average Bonchev–Trinajstić information content (AvgIpc) is 2.27. The van der Waals surface area contributed by atoms with E-state index in [2.05, 4.69) is 37.9 Å². The van der Waals surface area contributed by atoms with E-state index in [-0.39, 0.29) is 0 Å². The zero-order valence-electron chi connectivity index (χ0n) is 12.0. The monoisotopic (exact) mass is 242 g/mol. The number of likely N-dealkylation sites (tertiary alicyclic amines) is 1. The van der Waals surface area contributed by atoms with Crippen LogP contribution in [0.2, 0.25) is 0 Å². The Labute approximate surface area is 107 Å². The Hall–Kier alpha value is -0.120. The standard InChI is InChI=1S/C14H30N2O/c1-12(2)15-11-14-7-5-6-8-16(14)9-10-17-13(3)4/h12-15H,5-11H2,1-4H3. The summed E-state index contributed by atoms with van der Waals surface area (Å²) >= 11 is 0. The van der Waals surface area contributed by atoms with Gasteiger partial charge in [0.15, 0.2) is 0 Å². The van der Waals surface area contributed by atoms with Gasteiger partial charge in [-0.1, -0.05) is 20.3 Å². The second-order valence-corrected chi connectivity index (χ2v) is 5.67. The van der Waals surface area contributed by atoms with Crippen molar-refractivity contribution in [2.45, 2.75) is 65.1 Å². The minimum atomic E-state index is 0.354. The van der Waals surface area contributed by atoms with Crippen molar-refractivity contribution in [3.05, 3.63) is 0 Å². The fourth-order valence-corrected chi connectivity index (χ4v) is 2.36. The van der Waals surface area contributed by atoms with Gasteiger partial charge in [0, 0.05) is 25.2 Å². The fraction of sp³-hybridized carbons (Fsp3) is 1.00. The van der Waals surface area contributed by atoms with Crippen LogP contribution in [-0.4, -0.2) is 49.3 Å². The molecule has 0 aromatic rings. The first-order chi connectivity index (χ1) is 8.09. The Bertz CT molecular complexity index is 195. The molecule has 0 aromatic carbocycles. The summed E-state index contributed by atoms with van der Waals surface area (Å²) in [4.78, 5) is 2.60. The van der Waals surface area contributed by atoms with E-state index in [0.717, 1.165) is 19.7 Å². The third kappa shape index (κ3) is 6.39. The Balaban J connectivity index is 2.26. The predicted octanol–water partition coefficient (Wildman–Crippen LogP) is 2.26. The van der Waals surface area contributed by atoms with Crippen molar-refractivity contribution < 1.29 is 4.74 Å². The molecule has 0 aliphatic carbocycles. The molecule has 1 aliphatic heterocycles. The molecule has 1 aliphatic rings. The van der Waals surface area contributed by atoms with Crippen molar-refractivity contribution in [3.8, 4) is 0 Å². The van der Waals surface area contributed by atoms with Crippen molar-refractivity contribution in [1.82, 2.24) is 10.2 Å². The van der Waals surface area contributed by atoms with Crippen LogP contribution in [0.3, 0.4) is 0 Å². The van der Waals surface area contributed by atoms with Gasteiger partial charge >= 0.3 is 0 Å². The van der Waals surface area contributed by atoms with Gasteiger partial charge in [-0.2, -0.15) is 0 Å². The lowest BCUT2D eigenvalue weighted by molar-refractivity contribution is 0.0398. The SMILES string of the molecule is CC(C)NCC1CCCCN1CCOC(C)C. The van der Waals surface area contributed by atoms with E-state index in [1.165, 1.54) is 25.8 Å². The summed E-state index contributed by atoms with van der Waals surface area (Å²) in [5.41, 5.74) is 0. The largest absolute Gasteiger partial charge is 0.377 e. The normalized spacial score (nSPS) is 22.6. The Kier molecular flexibility index (Phi) is 7.09. The van der Waals surface area contributed by atoms with E-state index in [0.29, 0.717) is 18.2 Å². The molecule has 1 rings (SSSR count). The number of nitrogens with one attached hydrogen (secondary N) is 1. The molecule has 0 aromatic heterocycles. The number of hydrogen-bond acceptors (Lipinski definition) is 3. The lowest BCUT2D eigenvalue weighted by Crippen LogP contribution is -2.47. The molecule has 0 amide bonds. The van der Waals surface area contributed by atoms with E-state index < -0.39 is 0 Å². The lowest BCUT2D eigenvalue weighted by atomic mass is 10.0. The summed E-state index contributed by atoms with van der Waals surface area (Å²) in [7, 11) is 0. The molecule has 102 valence electrons. The Morgan fingerprint density at radius 3 is 2.65 bits per heavy atom. The molecule has 1 heterocycles. The summed E-state index contributed by atoms with van der Waals surface area (Å²) in [5, 5.41) is 3.56. The minimum Gasteiger partial charge on any atom is -0.377 e. The molecule has 0 saturated carbocycles. The zero-order valence-corrected chi connectivity index (χ0v) is 12.0. The van der Waals surface area contributed by atoms with Crippen LogP contribution in [0.5, 0.6) is 0 Å². The highest BCUT2D eigenvalue weighted by molar-refractivity contribution is 4.79. The van der Waals surface area contributed by atoms with E-state index in [9.17, 15) is 0 Å². The van der Waals surface area contributed by atoms with Crippen molar-refractivity contribution >= 4 is 0 Å². The lowest BCUT2D eigenvalue weighted by Gasteiger charge is -2.36. The van der Waals surface area contributed by atoms with Gasteiger partial charge in [-0.3, -0.25) is 4.90 Å². The maximum Gasteiger partial charge on any atom is 0.0597 e. The first-order valence-corrected chi connectivity index (χ1v) is 7.18.